The SMILES string of the molecule is NC(=O)Nc1cccc(NCc2cc(F)cc(Cl)c2)c1. The van der Waals surface area contributed by atoms with Crippen LogP contribution in [0.2, 0.25) is 5.02 Å². The summed E-state index contributed by atoms with van der Waals surface area (Å²) in [7, 11) is 0. The van der Waals surface area contributed by atoms with E-state index in [2.05, 4.69) is 10.6 Å². The number of primary amides is 1. The van der Waals surface area contributed by atoms with E-state index in [0.717, 1.165) is 11.3 Å². The molecule has 0 saturated carbocycles. The van der Waals surface area contributed by atoms with Gasteiger partial charge in [0.05, 0.1) is 0 Å². The molecule has 0 saturated heterocycles. The van der Waals surface area contributed by atoms with Crippen molar-refractivity contribution in [3.05, 3.63) is 58.9 Å². The lowest BCUT2D eigenvalue weighted by Crippen LogP contribution is -2.19. The molecule has 0 aliphatic heterocycles. The average Bonchev–Trinajstić information content (AvgIpc) is 2.35. The number of nitrogens with two attached hydrogens (primary N) is 1. The molecule has 104 valence electrons. The Morgan fingerprint density at radius 2 is 1.95 bits per heavy atom. The zero-order chi connectivity index (χ0) is 14.5. The third-order valence-corrected chi connectivity index (χ3v) is 2.77. The van der Waals surface area contributed by atoms with Gasteiger partial charge in [-0.3, -0.25) is 0 Å². The maximum Gasteiger partial charge on any atom is 0.316 e. The van der Waals surface area contributed by atoms with Gasteiger partial charge in [-0.05, 0) is 42.0 Å². The van der Waals surface area contributed by atoms with Crippen molar-refractivity contribution in [2.45, 2.75) is 6.54 Å². The molecule has 2 aromatic rings. The fraction of sp³-hybridized carbons (Fsp3) is 0.0714. The maximum atomic E-state index is 13.2. The first-order valence-corrected chi connectivity index (χ1v) is 6.26. The number of hydrogen-bond donors (Lipinski definition) is 3. The first kappa shape index (κ1) is 14.1. The van der Waals surface area contributed by atoms with Crippen molar-refractivity contribution in [3.63, 3.8) is 0 Å². The van der Waals surface area contributed by atoms with E-state index in [9.17, 15) is 9.18 Å². The highest BCUT2D eigenvalue weighted by Gasteiger charge is 2.01. The van der Waals surface area contributed by atoms with Crippen LogP contribution in [0.25, 0.3) is 0 Å². The number of anilines is 2. The third kappa shape index (κ3) is 4.13. The fourth-order valence-corrected chi connectivity index (χ4v) is 2.01. The Kier molecular flexibility index (Phi) is 4.42. The van der Waals surface area contributed by atoms with Crippen LogP contribution in [0.4, 0.5) is 20.6 Å². The molecule has 20 heavy (non-hydrogen) atoms. The molecule has 0 fully saturated rings. The van der Waals surface area contributed by atoms with E-state index < -0.39 is 6.03 Å². The van der Waals surface area contributed by atoms with E-state index in [1.165, 1.54) is 12.1 Å². The molecule has 2 aromatic carbocycles. The highest BCUT2D eigenvalue weighted by atomic mass is 35.5. The molecule has 2 rings (SSSR count). The van der Waals surface area contributed by atoms with Gasteiger partial charge in [-0.15, -0.1) is 0 Å². The van der Waals surface area contributed by atoms with E-state index >= 15 is 0 Å². The normalized spacial score (nSPS) is 10.1. The number of urea groups is 1. The number of carbonyl (C=O) groups is 1. The zero-order valence-corrected chi connectivity index (χ0v) is 11.2. The van der Waals surface area contributed by atoms with Gasteiger partial charge in [0.1, 0.15) is 5.82 Å². The van der Waals surface area contributed by atoms with Gasteiger partial charge in [0, 0.05) is 22.9 Å². The number of rotatable bonds is 4. The summed E-state index contributed by atoms with van der Waals surface area (Å²) in [6, 6.07) is 10.8. The molecule has 0 spiro atoms. The molecular formula is C14H13ClFN3O. The van der Waals surface area contributed by atoms with Crippen LogP contribution >= 0.6 is 11.6 Å². The highest BCUT2D eigenvalue weighted by Crippen LogP contribution is 2.18. The molecule has 0 radical (unpaired) electrons. The number of halogens is 2. The Hall–Kier alpha value is -2.27. The number of amides is 2. The van der Waals surface area contributed by atoms with Crippen LogP contribution in [0.5, 0.6) is 0 Å². The number of nitrogens with one attached hydrogen (secondary N) is 2. The second-order valence-electron chi connectivity index (χ2n) is 4.20. The number of hydrogen-bond acceptors (Lipinski definition) is 2. The summed E-state index contributed by atoms with van der Waals surface area (Å²) >= 11 is 5.79. The summed E-state index contributed by atoms with van der Waals surface area (Å²) in [5.74, 6) is -0.376. The summed E-state index contributed by atoms with van der Waals surface area (Å²) in [6.07, 6.45) is 0. The standard InChI is InChI=1S/C14H13ClFN3O/c15-10-4-9(5-11(16)6-10)8-18-12-2-1-3-13(7-12)19-14(17)20/h1-7,18H,8H2,(H3,17,19,20). The minimum absolute atomic E-state index is 0.353. The van der Waals surface area contributed by atoms with Gasteiger partial charge in [-0.25, -0.2) is 9.18 Å². The van der Waals surface area contributed by atoms with Crippen LogP contribution in [0.3, 0.4) is 0 Å². The van der Waals surface area contributed by atoms with Gasteiger partial charge in [0.2, 0.25) is 0 Å². The molecule has 4 nitrogen and oxygen atoms in total. The molecule has 0 aliphatic carbocycles. The van der Waals surface area contributed by atoms with Crippen LogP contribution in [-0.2, 0) is 6.54 Å². The molecule has 0 unspecified atom stereocenters. The molecule has 0 atom stereocenters. The van der Waals surface area contributed by atoms with Crippen LogP contribution in [0, 0.1) is 5.82 Å². The van der Waals surface area contributed by atoms with Crippen molar-refractivity contribution in [1.82, 2.24) is 0 Å². The van der Waals surface area contributed by atoms with E-state index in [4.69, 9.17) is 17.3 Å². The van der Waals surface area contributed by atoms with Gasteiger partial charge in [-0.1, -0.05) is 17.7 Å². The second kappa shape index (κ2) is 6.25. The van der Waals surface area contributed by atoms with Crippen LogP contribution in [-0.4, -0.2) is 6.03 Å². The van der Waals surface area contributed by atoms with Gasteiger partial charge in [0.15, 0.2) is 0 Å². The first-order valence-electron chi connectivity index (χ1n) is 5.88. The largest absolute Gasteiger partial charge is 0.381 e. The molecule has 0 aliphatic rings. The van der Waals surface area contributed by atoms with E-state index in [-0.39, 0.29) is 5.82 Å². The Balaban J connectivity index is 2.05. The van der Waals surface area contributed by atoms with Crippen LogP contribution in [0.1, 0.15) is 5.56 Å². The average molecular weight is 294 g/mol. The van der Waals surface area contributed by atoms with Gasteiger partial charge >= 0.3 is 6.03 Å². The summed E-state index contributed by atoms with van der Waals surface area (Å²) in [6.45, 7) is 0.414. The lowest BCUT2D eigenvalue weighted by atomic mass is 10.2. The third-order valence-electron chi connectivity index (χ3n) is 2.55. The van der Waals surface area contributed by atoms with Gasteiger partial charge in [-0.2, -0.15) is 0 Å². The minimum Gasteiger partial charge on any atom is -0.381 e. The minimum atomic E-state index is -0.626. The van der Waals surface area contributed by atoms with Crippen molar-refractivity contribution in [1.29, 1.82) is 0 Å². The summed E-state index contributed by atoms with van der Waals surface area (Å²) in [5.41, 5.74) is 7.13. The van der Waals surface area contributed by atoms with Crippen molar-refractivity contribution in [2.24, 2.45) is 5.73 Å². The monoisotopic (exact) mass is 293 g/mol. The molecule has 2 amide bonds. The Morgan fingerprint density at radius 1 is 1.20 bits per heavy atom. The molecule has 0 heterocycles. The summed E-state index contributed by atoms with van der Waals surface area (Å²) in [4.78, 5) is 10.8. The molecule has 0 bridgehead atoms. The van der Waals surface area contributed by atoms with E-state index in [0.29, 0.717) is 17.3 Å². The second-order valence-corrected chi connectivity index (χ2v) is 4.64. The zero-order valence-electron chi connectivity index (χ0n) is 10.5. The van der Waals surface area contributed by atoms with Crippen LogP contribution in [0.15, 0.2) is 42.5 Å². The number of benzene rings is 2. The first-order chi connectivity index (χ1) is 9.52. The predicted molar refractivity (Wildman–Crippen MR) is 78.4 cm³/mol. The predicted octanol–water partition coefficient (Wildman–Crippen LogP) is 3.58. The lowest BCUT2D eigenvalue weighted by molar-refractivity contribution is 0.259. The fourth-order valence-electron chi connectivity index (χ4n) is 1.77. The van der Waals surface area contributed by atoms with Crippen molar-refractivity contribution < 1.29 is 9.18 Å². The summed E-state index contributed by atoms with van der Waals surface area (Å²) in [5, 5.41) is 5.94. The topological polar surface area (TPSA) is 67.2 Å². The lowest BCUT2D eigenvalue weighted by Gasteiger charge is -2.09. The highest BCUT2D eigenvalue weighted by molar-refractivity contribution is 6.30. The number of carbonyl (C=O) groups excluding carboxylic acids is 1. The molecule has 4 N–H and O–H groups in total. The van der Waals surface area contributed by atoms with Crippen LogP contribution < -0.4 is 16.4 Å². The van der Waals surface area contributed by atoms with E-state index in [1.54, 1.807) is 24.3 Å². The Bertz CT molecular complexity index is 613. The summed E-state index contributed by atoms with van der Waals surface area (Å²) < 4.78 is 13.2. The van der Waals surface area contributed by atoms with Crippen molar-refractivity contribution in [2.75, 3.05) is 10.6 Å². The van der Waals surface area contributed by atoms with Crippen molar-refractivity contribution in [3.8, 4) is 0 Å². The Morgan fingerprint density at radius 3 is 2.65 bits per heavy atom. The van der Waals surface area contributed by atoms with Gasteiger partial charge < -0.3 is 16.4 Å². The quantitative estimate of drug-likeness (QED) is 0.806. The van der Waals surface area contributed by atoms with Gasteiger partial charge in [0.25, 0.3) is 0 Å². The molecule has 0 aromatic heterocycles. The van der Waals surface area contributed by atoms with E-state index in [1.807, 2.05) is 6.07 Å². The molecule has 6 heteroatoms. The van der Waals surface area contributed by atoms with Crippen molar-refractivity contribution >= 4 is 29.0 Å². The maximum absolute atomic E-state index is 13.2. The Labute approximate surface area is 120 Å². The molecular weight excluding hydrogens is 281 g/mol. The smallest absolute Gasteiger partial charge is 0.316 e.